The molecule has 150 valence electrons. The first-order chi connectivity index (χ1) is 14.2. The summed E-state index contributed by atoms with van der Waals surface area (Å²) in [6, 6.07) is 13.2. The molecule has 2 aromatic carbocycles. The first-order valence-electron chi connectivity index (χ1n) is 9.67. The minimum atomic E-state index is -0.120. The van der Waals surface area contributed by atoms with Crippen molar-refractivity contribution in [2.45, 2.75) is 12.8 Å². The van der Waals surface area contributed by atoms with Crippen molar-refractivity contribution in [3.63, 3.8) is 0 Å². The van der Waals surface area contributed by atoms with Crippen molar-refractivity contribution in [3.05, 3.63) is 48.7 Å². The minimum Gasteiger partial charge on any atom is -0.493 e. The number of nitrogens with zero attached hydrogens (tertiary/aromatic N) is 3. The Balaban J connectivity index is 1.46. The summed E-state index contributed by atoms with van der Waals surface area (Å²) in [6.07, 6.45) is 3.56. The Kier molecular flexibility index (Phi) is 5.46. The molecule has 1 N–H and O–H groups in total. The molecule has 1 amide bonds. The fourth-order valence-corrected chi connectivity index (χ4v) is 3.66. The van der Waals surface area contributed by atoms with Gasteiger partial charge in [0.15, 0.2) is 11.5 Å². The number of carbonyl (C=O) groups excluding carboxylic acids is 1. The topological polar surface area (TPSA) is 76.6 Å². The number of rotatable bonds is 5. The fraction of sp³-hybridized carbons (Fsp3) is 0.318. The first kappa shape index (κ1) is 19.0. The van der Waals surface area contributed by atoms with Crippen molar-refractivity contribution in [1.82, 2.24) is 9.97 Å². The van der Waals surface area contributed by atoms with Crippen LogP contribution in [0.25, 0.3) is 11.0 Å². The van der Waals surface area contributed by atoms with Crippen molar-refractivity contribution in [1.29, 1.82) is 0 Å². The van der Waals surface area contributed by atoms with Gasteiger partial charge in [0.25, 0.3) is 0 Å². The van der Waals surface area contributed by atoms with Gasteiger partial charge in [0.05, 0.1) is 37.4 Å². The highest BCUT2D eigenvalue weighted by molar-refractivity contribution is 5.93. The van der Waals surface area contributed by atoms with Crippen LogP contribution >= 0.6 is 0 Å². The Morgan fingerprint density at radius 3 is 2.69 bits per heavy atom. The molecule has 2 heterocycles. The van der Waals surface area contributed by atoms with E-state index < -0.39 is 0 Å². The zero-order chi connectivity index (χ0) is 20.2. The van der Waals surface area contributed by atoms with Gasteiger partial charge in [0.2, 0.25) is 5.91 Å². The van der Waals surface area contributed by atoms with E-state index in [0.29, 0.717) is 23.7 Å². The Morgan fingerprint density at radius 2 is 1.90 bits per heavy atom. The molecule has 0 aliphatic carbocycles. The van der Waals surface area contributed by atoms with Crippen molar-refractivity contribution in [2.75, 3.05) is 37.5 Å². The Labute approximate surface area is 169 Å². The summed E-state index contributed by atoms with van der Waals surface area (Å²) in [4.78, 5) is 24.2. The Morgan fingerprint density at radius 1 is 1.10 bits per heavy atom. The predicted molar refractivity (Wildman–Crippen MR) is 113 cm³/mol. The molecule has 7 heteroatoms. The fourth-order valence-electron chi connectivity index (χ4n) is 3.66. The van der Waals surface area contributed by atoms with Crippen LogP contribution in [-0.4, -0.2) is 43.2 Å². The summed E-state index contributed by atoms with van der Waals surface area (Å²) in [5, 5.41) is 3.00. The van der Waals surface area contributed by atoms with Gasteiger partial charge >= 0.3 is 0 Å². The van der Waals surface area contributed by atoms with Gasteiger partial charge in [-0.1, -0.05) is 12.1 Å². The van der Waals surface area contributed by atoms with Gasteiger partial charge in [-0.3, -0.25) is 9.78 Å². The predicted octanol–water partition coefficient (Wildman–Crippen LogP) is 3.50. The maximum atomic E-state index is 12.9. The molecule has 1 aliphatic rings. The van der Waals surface area contributed by atoms with Crippen molar-refractivity contribution < 1.29 is 14.3 Å². The molecule has 4 rings (SSSR count). The highest BCUT2D eigenvalue weighted by atomic mass is 16.5. The van der Waals surface area contributed by atoms with Crippen molar-refractivity contribution in [2.24, 2.45) is 5.92 Å². The minimum absolute atomic E-state index is 0.00401. The Bertz CT molecular complexity index is 1020. The maximum Gasteiger partial charge on any atom is 0.229 e. The molecule has 0 saturated carbocycles. The zero-order valence-corrected chi connectivity index (χ0v) is 16.6. The average molecular weight is 392 g/mol. The highest BCUT2D eigenvalue weighted by Crippen LogP contribution is 2.30. The van der Waals surface area contributed by atoms with Crippen LogP contribution in [0.1, 0.15) is 12.8 Å². The molecule has 0 bridgehead atoms. The third-order valence-corrected chi connectivity index (χ3v) is 5.20. The highest BCUT2D eigenvalue weighted by Gasteiger charge is 2.27. The van der Waals surface area contributed by atoms with E-state index in [-0.39, 0.29) is 11.8 Å². The molecule has 7 nitrogen and oxygen atoms in total. The number of aromatic nitrogens is 2. The van der Waals surface area contributed by atoms with E-state index in [1.807, 2.05) is 30.3 Å². The van der Waals surface area contributed by atoms with Crippen LogP contribution in [0, 0.1) is 5.92 Å². The summed E-state index contributed by atoms with van der Waals surface area (Å²) in [7, 11) is 3.16. The molecule has 1 unspecified atom stereocenters. The number of benzene rings is 2. The van der Waals surface area contributed by atoms with E-state index in [1.54, 1.807) is 32.5 Å². The molecule has 0 spiro atoms. The van der Waals surface area contributed by atoms with Crippen LogP contribution in [0.3, 0.4) is 0 Å². The first-order valence-corrected chi connectivity index (χ1v) is 9.67. The molecule has 1 atom stereocenters. The lowest BCUT2D eigenvalue weighted by Gasteiger charge is -2.32. The standard InChI is InChI=1S/C22H24N4O3/c1-28-19-10-9-16(12-20(19)29-2)24-22(27)15-6-5-11-26(14-15)21-13-23-17-7-3-4-8-18(17)25-21/h3-4,7-10,12-13,15H,5-6,11,14H2,1-2H3,(H,24,27). The number of fused-ring (bicyclic) bond motifs is 1. The normalized spacial score (nSPS) is 16.5. The molecular weight excluding hydrogens is 368 g/mol. The van der Waals surface area contributed by atoms with Crippen molar-refractivity contribution >= 4 is 28.4 Å². The van der Waals surface area contributed by atoms with Crippen LogP contribution in [0.2, 0.25) is 0 Å². The monoisotopic (exact) mass is 392 g/mol. The van der Waals surface area contributed by atoms with Gasteiger partial charge in [-0.2, -0.15) is 0 Å². The maximum absolute atomic E-state index is 12.9. The number of hydrogen-bond acceptors (Lipinski definition) is 6. The smallest absolute Gasteiger partial charge is 0.229 e. The van der Waals surface area contributed by atoms with Gasteiger partial charge < -0.3 is 19.7 Å². The van der Waals surface area contributed by atoms with Gasteiger partial charge in [0, 0.05) is 24.8 Å². The number of nitrogens with one attached hydrogen (secondary N) is 1. The second kappa shape index (κ2) is 8.34. The van der Waals surface area contributed by atoms with E-state index in [9.17, 15) is 4.79 Å². The lowest BCUT2D eigenvalue weighted by molar-refractivity contribution is -0.120. The zero-order valence-electron chi connectivity index (χ0n) is 16.6. The van der Waals surface area contributed by atoms with Gasteiger partial charge in [-0.25, -0.2) is 4.98 Å². The molecule has 1 saturated heterocycles. The van der Waals surface area contributed by atoms with E-state index in [2.05, 4.69) is 15.2 Å². The summed E-state index contributed by atoms with van der Waals surface area (Å²) < 4.78 is 10.6. The lowest BCUT2D eigenvalue weighted by Crippen LogP contribution is -2.41. The van der Waals surface area contributed by atoms with Crippen LogP contribution in [0.15, 0.2) is 48.7 Å². The second-order valence-electron chi connectivity index (χ2n) is 7.06. The van der Waals surface area contributed by atoms with Gasteiger partial charge in [-0.05, 0) is 37.1 Å². The number of anilines is 2. The van der Waals surface area contributed by atoms with Crippen LogP contribution in [0.5, 0.6) is 11.5 Å². The summed E-state index contributed by atoms with van der Waals surface area (Å²) in [5.74, 6) is 1.90. The molecule has 1 aliphatic heterocycles. The van der Waals surface area contributed by atoms with Crippen LogP contribution < -0.4 is 19.7 Å². The summed E-state index contributed by atoms with van der Waals surface area (Å²) >= 11 is 0. The number of hydrogen-bond donors (Lipinski definition) is 1. The van der Waals surface area contributed by atoms with Crippen molar-refractivity contribution in [3.8, 4) is 11.5 Å². The molecule has 1 fully saturated rings. The molecule has 0 radical (unpaired) electrons. The summed E-state index contributed by atoms with van der Waals surface area (Å²) in [6.45, 7) is 1.49. The Hall–Kier alpha value is -3.35. The number of methoxy groups -OCH3 is 2. The lowest BCUT2D eigenvalue weighted by atomic mass is 9.97. The summed E-state index contributed by atoms with van der Waals surface area (Å²) in [5.41, 5.74) is 2.42. The molecule has 29 heavy (non-hydrogen) atoms. The number of piperidine rings is 1. The van der Waals surface area contributed by atoms with E-state index in [4.69, 9.17) is 14.5 Å². The van der Waals surface area contributed by atoms with Gasteiger partial charge in [0.1, 0.15) is 5.82 Å². The second-order valence-corrected chi connectivity index (χ2v) is 7.06. The van der Waals surface area contributed by atoms with E-state index >= 15 is 0 Å². The SMILES string of the molecule is COc1ccc(NC(=O)C2CCCN(c3cnc4ccccc4n3)C2)cc1OC. The molecular formula is C22H24N4O3. The number of carbonyl (C=O) groups is 1. The van der Waals surface area contributed by atoms with Crippen LogP contribution in [-0.2, 0) is 4.79 Å². The number of amides is 1. The third kappa shape index (κ3) is 4.08. The number of para-hydroxylation sites is 2. The van der Waals surface area contributed by atoms with E-state index in [0.717, 1.165) is 36.2 Å². The quantitative estimate of drug-likeness (QED) is 0.716. The van der Waals surface area contributed by atoms with Gasteiger partial charge in [-0.15, -0.1) is 0 Å². The number of ether oxygens (including phenoxy) is 2. The van der Waals surface area contributed by atoms with E-state index in [1.165, 1.54) is 0 Å². The molecule has 1 aromatic heterocycles. The average Bonchev–Trinajstić information content (AvgIpc) is 2.78. The molecule has 3 aromatic rings. The third-order valence-electron chi connectivity index (χ3n) is 5.20. The van der Waals surface area contributed by atoms with Crippen LogP contribution in [0.4, 0.5) is 11.5 Å². The largest absolute Gasteiger partial charge is 0.493 e.